The molecule has 3 aromatic rings. The number of hydrogen-bond donors (Lipinski definition) is 2. The minimum Gasteiger partial charge on any atom is -0.340 e. The molecule has 4 rings (SSSR count). The first-order valence-electron chi connectivity index (χ1n) is 9.07. The summed E-state index contributed by atoms with van der Waals surface area (Å²) in [6.07, 6.45) is 2.98. The molecule has 1 saturated carbocycles. The van der Waals surface area contributed by atoms with Crippen molar-refractivity contribution in [3.63, 3.8) is 0 Å². The summed E-state index contributed by atoms with van der Waals surface area (Å²) in [6, 6.07) is 14.3. The van der Waals surface area contributed by atoms with Crippen molar-refractivity contribution >= 4 is 50.8 Å². The lowest BCUT2D eigenvalue weighted by atomic mass is 9.88. The topological polar surface area (TPSA) is 79.5 Å². The van der Waals surface area contributed by atoms with Crippen LogP contribution in [0.1, 0.15) is 24.8 Å². The second-order valence-corrected chi connectivity index (χ2v) is 8.26. The minimum absolute atomic E-state index is 0.0345. The molecule has 3 N–H and O–H groups in total. The van der Waals surface area contributed by atoms with Crippen molar-refractivity contribution in [2.24, 2.45) is 22.1 Å². The van der Waals surface area contributed by atoms with Crippen LogP contribution in [0.25, 0.3) is 21.8 Å². The van der Waals surface area contributed by atoms with Gasteiger partial charge in [0.2, 0.25) is 0 Å². The summed E-state index contributed by atoms with van der Waals surface area (Å²) >= 11 is 12.7. The van der Waals surface area contributed by atoms with Crippen molar-refractivity contribution < 1.29 is 0 Å². The van der Waals surface area contributed by atoms with Gasteiger partial charge in [-0.15, -0.1) is 28.3 Å². The molecule has 1 fully saturated rings. The highest BCUT2D eigenvalue weighted by atomic mass is 35.5. The van der Waals surface area contributed by atoms with Gasteiger partial charge in [0.05, 0.1) is 5.38 Å². The van der Waals surface area contributed by atoms with Gasteiger partial charge in [0.15, 0.2) is 5.84 Å². The predicted molar refractivity (Wildman–Crippen MR) is 112 cm³/mol. The maximum Gasteiger partial charge on any atom is 0.176 e. The molecule has 1 aromatic heterocycles. The van der Waals surface area contributed by atoms with E-state index in [4.69, 9.17) is 34.5 Å². The van der Waals surface area contributed by atoms with Crippen molar-refractivity contribution in [3.05, 3.63) is 48.0 Å². The molecule has 0 saturated heterocycles. The number of amidine groups is 1. The summed E-state index contributed by atoms with van der Waals surface area (Å²) in [5.41, 5.74) is 3.04. The number of rotatable bonds is 3. The Morgan fingerprint density at radius 2 is 1.85 bits per heavy atom. The number of benzene rings is 2. The van der Waals surface area contributed by atoms with E-state index in [1.807, 2.05) is 18.2 Å². The highest BCUT2D eigenvalue weighted by molar-refractivity contribution is 6.30. The first-order valence-corrected chi connectivity index (χ1v) is 9.94. The molecule has 3 atom stereocenters. The van der Waals surface area contributed by atoms with Crippen LogP contribution < -0.4 is 5.84 Å². The van der Waals surface area contributed by atoms with Gasteiger partial charge in [0, 0.05) is 39.3 Å². The minimum atomic E-state index is 0.0345. The molecule has 1 aliphatic rings. The number of nitrogens with two attached hydrogens (primary N) is 1. The number of nitrogens with zero attached hydrogens (tertiary/aromatic N) is 3. The Kier molecular flexibility index (Phi) is 5.06. The fraction of sp³-hybridized carbons (Fsp3) is 0.350. The zero-order chi connectivity index (χ0) is 19.0. The lowest BCUT2D eigenvalue weighted by Crippen LogP contribution is -2.28. The van der Waals surface area contributed by atoms with E-state index in [1.165, 1.54) is 10.9 Å². The van der Waals surface area contributed by atoms with Gasteiger partial charge in [-0.05, 0) is 49.4 Å². The predicted octanol–water partition coefficient (Wildman–Crippen LogP) is 5.46. The van der Waals surface area contributed by atoms with Crippen LogP contribution >= 0.6 is 23.2 Å². The monoisotopic (exact) mass is 401 g/mol. The quantitative estimate of drug-likeness (QED) is 0.150. The Hall–Kier alpha value is -2.11. The van der Waals surface area contributed by atoms with E-state index in [0.717, 1.165) is 36.7 Å². The zero-order valence-corrected chi connectivity index (χ0v) is 16.3. The molecule has 27 heavy (non-hydrogen) atoms. The summed E-state index contributed by atoms with van der Waals surface area (Å²) in [6.45, 7) is 0.913. The summed E-state index contributed by atoms with van der Waals surface area (Å²) in [7, 11) is 0. The van der Waals surface area contributed by atoms with Gasteiger partial charge < -0.3 is 10.4 Å². The van der Waals surface area contributed by atoms with E-state index in [2.05, 4.69) is 39.2 Å². The van der Waals surface area contributed by atoms with Crippen molar-refractivity contribution in [1.82, 2.24) is 4.57 Å². The smallest absolute Gasteiger partial charge is 0.176 e. The highest BCUT2D eigenvalue weighted by Crippen LogP contribution is 2.36. The Labute approximate surface area is 167 Å². The van der Waals surface area contributed by atoms with Crippen LogP contribution in [-0.4, -0.2) is 21.2 Å². The number of alkyl halides is 2. The summed E-state index contributed by atoms with van der Waals surface area (Å²) in [4.78, 5) is 0. The van der Waals surface area contributed by atoms with Gasteiger partial charge in [-0.1, -0.05) is 23.4 Å². The average Bonchev–Trinajstić information content (AvgIpc) is 2.98. The standard InChI is InChI=1S/C20H21Cl2N5/c21-16-7-5-12(9-17(16)22)11-27-18-4-2-1-3-14(18)15-10-13(6-8-19(15)27)20(23)25-26-24/h1-4,6,8,10,12,16-17H,5,7,9,11H2,(H3,23,24,25). The van der Waals surface area contributed by atoms with Crippen LogP contribution in [0.2, 0.25) is 0 Å². The molecule has 2 aromatic carbocycles. The van der Waals surface area contributed by atoms with Crippen molar-refractivity contribution in [3.8, 4) is 0 Å². The van der Waals surface area contributed by atoms with Crippen LogP contribution in [0.15, 0.2) is 52.8 Å². The maximum atomic E-state index is 7.99. The molecule has 0 aliphatic heterocycles. The Balaban J connectivity index is 1.78. The van der Waals surface area contributed by atoms with Crippen LogP contribution in [-0.2, 0) is 6.54 Å². The summed E-state index contributed by atoms with van der Waals surface area (Å²) in [5.74, 6) is 5.65. The van der Waals surface area contributed by atoms with Gasteiger partial charge in [-0.2, -0.15) is 0 Å². The number of para-hydroxylation sites is 1. The molecule has 0 spiro atoms. The number of aromatic nitrogens is 1. The number of nitrogens with one attached hydrogen (secondary N) is 1. The Morgan fingerprint density at radius 1 is 1.07 bits per heavy atom. The molecule has 140 valence electrons. The fourth-order valence-electron chi connectivity index (χ4n) is 4.10. The van der Waals surface area contributed by atoms with E-state index >= 15 is 0 Å². The first-order chi connectivity index (χ1) is 13.1. The lowest BCUT2D eigenvalue weighted by Gasteiger charge is -2.30. The van der Waals surface area contributed by atoms with Crippen molar-refractivity contribution in [2.45, 2.75) is 36.6 Å². The average molecular weight is 402 g/mol. The molecule has 5 nitrogen and oxygen atoms in total. The van der Waals surface area contributed by atoms with Crippen molar-refractivity contribution in [1.29, 1.82) is 5.41 Å². The van der Waals surface area contributed by atoms with Gasteiger partial charge in [0.1, 0.15) is 0 Å². The number of fused-ring (bicyclic) bond motifs is 3. The largest absolute Gasteiger partial charge is 0.340 e. The third-order valence-corrected chi connectivity index (χ3v) is 6.58. The van der Waals surface area contributed by atoms with Crippen LogP contribution in [0.3, 0.4) is 0 Å². The normalized spacial score (nSPS) is 23.4. The SMILES string of the molecule is N=C(N=NN)c1ccc2c(c1)c1ccccc1n2CC1CCC(Cl)C(Cl)C1. The molecule has 7 heteroatoms. The van der Waals surface area contributed by atoms with Gasteiger partial charge in [-0.25, -0.2) is 0 Å². The van der Waals surface area contributed by atoms with Crippen LogP contribution in [0.5, 0.6) is 0 Å². The molecular weight excluding hydrogens is 381 g/mol. The van der Waals surface area contributed by atoms with Gasteiger partial charge in [-0.3, -0.25) is 5.41 Å². The van der Waals surface area contributed by atoms with Crippen LogP contribution in [0.4, 0.5) is 0 Å². The highest BCUT2D eigenvalue weighted by Gasteiger charge is 2.28. The summed E-state index contributed by atoms with van der Waals surface area (Å²) < 4.78 is 2.37. The third kappa shape index (κ3) is 3.42. The lowest BCUT2D eigenvalue weighted by molar-refractivity contribution is 0.333. The zero-order valence-electron chi connectivity index (χ0n) is 14.8. The number of halogens is 2. The Bertz CT molecular complexity index is 1030. The fourth-order valence-corrected chi connectivity index (χ4v) is 4.70. The molecule has 0 bridgehead atoms. The van der Waals surface area contributed by atoms with Crippen LogP contribution in [0, 0.1) is 11.3 Å². The third-order valence-electron chi connectivity index (χ3n) is 5.45. The molecular formula is C20H21Cl2N5. The Morgan fingerprint density at radius 3 is 2.63 bits per heavy atom. The van der Waals surface area contributed by atoms with Gasteiger partial charge in [0.25, 0.3) is 0 Å². The van der Waals surface area contributed by atoms with E-state index in [0.29, 0.717) is 11.5 Å². The number of hydrogen-bond acceptors (Lipinski definition) is 2. The second kappa shape index (κ2) is 7.49. The molecule has 0 amide bonds. The molecule has 1 aliphatic carbocycles. The maximum absolute atomic E-state index is 7.99. The second-order valence-electron chi connectivity index (χ2n) is 7.13. The van der Waals surface area contributed by atoms with E-state index in [-0.39, 0.29) is 16.6 Å². The molecule has 0 radical (unpaired) electrons. The van der Waals surface area contributed by atoms with E-state index in [9.17, 15) is 0 Å². The van der Waals surface area contributed by atoms with E-state index in [1.54, 1.807) is 0 Å². The van der Waals surface area contributed by atoms with Crippen molar-refractivity contribution in [2.75, 3.05) is 0 Å². The van der Waals surface area contributed by atoms with Gasteiger partial charge >= 0.3 is 0 Å². The molecule has 1 heterocycles. The summed E-state index contributed by atoms with van der Waals surface area (Å²) in [5, 5.41) is 17.2. The molecule has 3 unspecified atom stereocenters. The van der Waals surface area contributed by atoms with E-state index < -0.39 is 0 Å². The first kappa shape index (κ1) is 18.3.